The molecule has 0 amide bonds. The molecule has 1 saturated heterocycles. The molecule has 5 aliphatic rings. The molecule has 0 aromatic rings. The summed E-state index contributed by atoms with van der Waals surface area (Å²) in [4.78, 5) is 0. The predicted molar refractivity (Wildman–Crippen MR) is 148 cm³/mol. The third-order valence-corrected chi connectivity index (χ3v) is 10.1. The second kappa shape index (κ2) is 14.5. The van der Waals surface area contributed by atoms with Gasteiger partial charge in [-0.1, -0.05) is 50.4 Å². The van der Waals surface area contributed by atoms with Gasteiger partial charge in [0.05, 0.1) is 18.4 Å². The zero-order valence-electron chi connectivity index (χ0n) is 23.0. The molecule has 5 fully saturated rings. The summed E-state index contributed by atoms with van der Waals surface area (Å²) in [5.74, 6) is 10.7. The van der Waals surface area contributed by atoms with E-state index >= 15 is 0 Å². The lowest BCUT2D eigenvalue weighted by atomic mass is 9.84. The summed E-state index contributed by atoms with van der Waals surface area (Å²) in [6.45, 7) is 4.12. The molecule has 0 radical (unpaired) electrons. The van der Waals surface area contributed by atoms with Crippen LogP contribution in [0.2, 0.25) is 0 Å². The van der Waals surface area contributed by atoms with Gasteiger partial charge in [-0.25, -0.2) is 0 Å². The Kier molecular flexibility index (Phi) is 10.9. The van der Waals surface area contributed by atoms with Crippen molar-refractivity contribution in [2.75, 3.05) is 26.3 Å². The summed E-state index contributed by atoms with van der Waals surface area (Å²) in [7, 11) is 0. The Morgan fingerprint density at radius 3 is 1.50 bits per heavy atom. The van der Waals surface area contributed by atoms with Crippen LogP contribution < -0.4 is 10.6 Å². The van der Waals surface area contributed by atoms with Gasteiger partial charge in [-0.3, -0.25) is 0 Å². The van der Waals surface area contributed by atoms with Crippen molar-refractivity contribution in [3.05, 3.63) is 0 Å². The molecule has 4 heteroatoms. The molecule has 0 atom stereocenters. The number of nitrogens with one attached hydrogen (secondary N) is 2. The van der Waals surface area contributed by atoms with Gasteiger partial charge >= 0.3 is 0 Å². The molecule has 0 unspecified atom stereocenters. The highest BCUT2D eigenvalue weighted by molar-refractivity contribution is 5.10. The summed E-state index contributed by atoms with van der Waals surface area (Å²) in [5, 5.41) is 7.61. The lowest BCUT2D eigenvalue weighted by Crippen LogP contribution is -2.56. The summed E-state index contributed by atoms with van der Waals surface area (Å²) < 4.78 is 12.7. The van der Waals surface area contributed by atoms with Gasteiger partial charge < -0.3 is 20.1 Å². The standard InChI is InChI=1S/C32H54N2O2/c1-3-7-26(8-4-1)23-35-30-17-13-25(14-18-30)11-12-28-21-33-32(34-22-28)29-15-19-31(20-16-29)36-24-27-9-5-2-6-10-27/h25-34H,1-10,13-24H2. The van der Waals surface area contributed by atoms with E-state index in [1.807, 2.05) is 0 Å². The molecule has 4 saturated carbocycles. The normalized spacial score (nSPS) is 37.2. The molecule has 4 aliphatic carbocycles. The number of hydrogen-bond acceptors (Lipinski definition) is 4. The maximum Gasteiger partial charge on any atom is 0.0601 e. The molecule has 36 heavy (non-hydrogen) atoms. The Morgan fingerprint density at radius 1 is 0.500 bits per heavy atom. The van der Waals surface area contributed by atoms with Gasteiger partial charge in [0, 0.05) is 38.1 Å². The first-order valence-electron chi connectivity index (χ1n) is 16.0. The predicted octanol–water partition coefficient (Wildman–Crippen LogP) is 6.44. The third-order valence-electron chi connectivity index (χ3n) is 10.1. The van der Waals surface area contributed by atoms with Crippen molar-refractivity contribution in [1.29, 1.82) is 0 Å². The van der Waals surface area contributed by atoms with E-state index in [-0.39, 0.29) is 0 Å². The summed E-state index contributed by atoms with van der Waals surface area (Å²) >= 11 is 0. The van der Waals surface area contributed by atoms with E-state index in [0.29, 0.717) is 30.2 Å². The summed E-state index contributed by atoms with van der Waals surface area (Å²) in [5.41, 5.74) is 0. The van der Waals surface area contributed by atoms with Crippen molar-refractivity contribution in [3.8, 4) is 11.8 Å². The monoisotopic (exact) mass is 498 g/mol. The molecule has 0 spiro atoms. The SMILES string of the molecule is C(#CC1CNC(C2CCC(OCC3CCCCC3)CC2)NC1)C1CCC(OCC2CCCCC2)CC1. The van der Waals surface area contributed by atoms with E-state index in [2.05, 4.69) is 22.5 Å². The second-order valence-corrected chi connectivity index (χ2v) is 13.0. The van der Waals surface area contributed by atoms with Crippen molar-refractivity contribution in [2.24, 2.45) is 29.6 Å². The lowest BCUT2D eigenvalue weighted by molar-refractivity contribution is -0.0119. The van der Waals surface area contributed by atoms with E-state index in [1.54, 1.807) is 0 Å². The van der Waals surface area contributed by atoms with Crippen LogP contribution in [0.1, 0.15) is 116 Å². The van der Waals surface area contributed by atoms with Gasteiger partial charge in [0.2, 0.25) is 0 Å². The first kappa shape index (κ1) is 27.0. The molecule has 2 N–H and O–H groups in total. The van der Waals surface area contributed by atoms with Gasteiger partial charge in [-0.15, -0.1) is 0 Å². The van der Waals surface area contributed by atoms with E-state index in [1.165, 1.54) is 116 Å². The van der Waals surface area contributed by atoms with Crippen molar-refractivity contribution in [3.63, 3.8) is 0 Å². The van der Waals surface area contributed by atoms with Crippen LogP contribution in [0.4, 0.5) is 0 Å². The smallest absolute Gasteiger partial charge is 0.0601 e. The fraction of sp³-hybridized carbons (Fsp3) is 0.938. The minimum Gasteiger partial charge on any atom is -0.378 e. The van der Waals surface area contributed by atoms with E-state index < -0.39 is 0 Å². The van der Waals surface area contributed by atoms with Crippen LogP contribution >= 0.6 is 0 Å². The Labute approximate surface area is 221 Å². The van der Waals surface area contributed by atoms with E-state index in [9.17, 15) is 0 Å². The molecule has 1 heterocycles. The summed E-state index contributed by atoms with van der Waals surface area (Å²) in [6.07, 6.45) is 25.5. The Bertz CT molecular complexity index is 666. The highest BCUT2D eigenvalue weighted by Crippen LogP contribution is 2.31. The summed E-state index contributed by atoms with van der Waals surface area (Å²) in [6, 6.07) is 0. The van der Waals surface area contributed by atoms with Crippen LogP contribution in [-0.4, -0.2) is 44.7 Å². The molecule has 204 valence electrons. The van der Waals surface area contributed by atoms with Gasteiger partial charge in [0.1, 0.15) is 0 Å². The zero-order valence-corrected chi connectivity index (χ0v) is 23.0. The Hall–Kier alpha value is -0.600. The average Bonchev–Trinajstić information content (AvgIpc) is 2.96. The second-order valence-electron chi connectivity index (χ2n) is 13.0. The fourth-order valence-corrected chi connectivity index (χ4v) is 7.57. The topological polar surface area (TPSA) is 42.5 Å². The zero-order chi connectivity index (χ0) is 24.4. The molecule has 5 rings (SSSR count). The molecule has 0 bridgehead atoms. The Morgan fingerprint density at radius 2 is 0.972 bits per heavy atom. The van der Waals surface area contributed by atoms with Crippen molar-refractivity contribution in [2.45, 2.75) is 134 Å². The van der Waals surface area contributed by atoms with Crippen LogP contribution in [0.25, 0.3) is 0 Å². The lowest BCUT2D eigenvalue weighted by Gasteiger charge is -2.38. The number of hydrogen-bond donors (Lipinski definition) is 2. The van der Waals surface area contributed by atoms with Gasteiger partial charge in [0.25, 0.3) is 0 Å². The van der Waals surface area contributed by atoms with Crippen LogP contribution in [0.3, 0.4) is 0 Å². The molecular formula is C32H54N2O2. The van der Waals surface area contributed by atoms with E-state index in [0.717, 1.165) is 44.1 Å². The first-order valence-corrected chi connectivity index (χ1v) is 16.0. The molecule has 0 aromatic heterocycles. The minimum atomic E-state index is 0.455. The van der Waals surface area contributed by atoms with Gasteiger partial charge in [-0.05, 0) is 94.8 Å². The molecule has 4 nitrogen and oxygen atoms in total. The van der Waals surface area contributed by atoms with Crippen molar-refractivity contribution >= 4 is 0 Å². The molecule has 0 aromatic carbocycles. The first-order chi connectivity index (χ1) is 17.8. The quantitative estimate of drug-likeness (QED) is 0.397. The molecular weight excluding hydrogens is 444 g/mol. The van der Waals surface area contributed by atoms with Crippen molar-refractivity contribution in [1.82, 2.24) is 10.6 Å². The van der Waals surface area contributed by atoms with Crippen LogP contribution in [0.15, 0.2) is 0 Å². The number of rotatable bonds is 7. The maximum absolute atomic E-state index is 6.35. The average molecular weight is 499 g/mol. The third kappa shape index (κ3) is 8.45. The van der Waals surface area contributed by atoms with Crippen LogP contribution in [0.5, 0.6) is 0 Å². The van der Waals surface area contributed by atoms with Gasteiger partial charge in [-0.2, -0.15) is 0 Å². The number of ether oxygens (including phenoxy) is 2. The van der Waals surface area contributed by atoms with Crippen molar-refractivity contribution < 1.29 is 9.47 Å². The van der Waals surface area contributed by atoms with Crippen LogP contribution in [-0.2, 0) is 9.47 Å². The molecule has 1 aliphatic heterocycles. The highest BCUT2D eigenvalue weighted by atomic mass is 16.5. The van der Waals surface area contributed by atoms with E-state index in [4.69, 9.17) is 9.47 Å². The van der Waals surface area contributed by atoms with Crippen LogP contribution in [0, 0.1) is 41.4 Å². The van der Waals surface area contributed by atoms with Gasteiger partial charge in [0.15, 0.2) is 0 Å². The Balaban J connectivity index is 0.929. The fourth-order valence-electron chi connectivity index (χ4n) is 7.57. The maximum atomic E-state index is 6.35. The minimum absolute atomic E-state index is 0.455. The highest BCUT2D eigenvalue weighted by Gasteiger charge is 2.31. The largest absolute Gasteiger partial charge is 0.378 e.